The van der Waals surface area contributed by atoms with E-state index in [1.54, 1.807) is 6.21 Å². The van der Waals surface area contributed by atoms with Crippen LogP contribution in [0.4, 0.5) is 29.2 Å². The first-order valence-corrected chi connectivity index (χ1v) is 9.99. The quantitative estimate of drug-likeness (QED) is 0.247. The zero-order valence-electron chi connectivity index (χ0n) is 15.8. The number of para-hydroxylation sites is 2. The summed E-state index contributed by atoms with van der Waals surface area (Å²) in [5.74, 6) is 1.10. The molecule has 4 aromatic rings. The normalized spacial score (nSPS) is 10.7. The second kappa shape index (κ2) is 9.62. The van der Waals surface area contributed by atoms with Gasteiger partial charge in [0, 0.05) is 21.4 Å². The summed E-state index contributed by atoms with van der Waals surface area (Å²) < 4.78 is 0.948. The fourth-order valence-electron chi connectivity index (χ4n) is 2.58. The molecule has 0 unspecified atom stereocenters. The molecule has 30 heavy (non-hydrogen) atoms. The van der Waals surface area contributed by atoms with Crippen LogP contribution in [0.25, 0.3) is 0 Å². The van der Waals surface area contributed by atoms with Gasteiger partial charge >= 0.3 is 0 Å². The van der Waals surface area contributed by atoms with Crippen molar-refractivity contribution in [3.63, 3.8) is 0 Å². The van der Waals surface area contributed by atoms with Gasteiger partial charge in [-0.05, 0) is 30.3 Å². The van der Waals surface area contributed by atoms with Crippen LogP contribution in [0.15, 0.2) is 94.5 Å². The highest BCUT2D eigenvalue weighted by Crippen LogP contribution is 2.18. The fourth-order valence-corrected chi connectivity index (χ4v) is 2.97. The van der Waals surface area contributed by atoms with Crippen molar-refractivity contribution in [1.82, 2.24) is 15.0 Å². The lowest BCUT2D eigenvalue weighted by molar-refractivity contribution is 1.04. The van der Waals surface area contributed by atoms with Gasteiger partial charge in [-0.3, -0.25) is 0 Å². The van der Waals surface area contributed by atoms with Crippen LogP contribution < -0.4 is 16.1 Å². The summed E-state index contributed by atoms with van der Waals surface area (Å²) in [5, 5.41) is 10.6. The molecule has 3 N–H and O–H groups in total. The molecule has 7 nitrogen and oxygen atoms in total. The molecule has 0 atom stereocenters. The Morgan fingerprint density at radius 3 is 1.70 bits per heavy atom. The van der Waals surface area contributed by atoms with Crippen molar-refractivity contribution in [3.05, 3.63) is 95.0 Å². The highest BCUT2D eigenvalue weighted by molar-refractivity contribution is 9.10. The number of aromatic nitrogens is 3. The average molecular weight is 460 g/mol. The van der Waals surface area contributed by atoms with E-state index in [4.69, 9.17) is 0 Å². The van der Waals surface area contributed by atoms with Crippen LogP contribution >= 0.6 is 15.9 Å². The first-order chi connectivity index (χ1) is 14.8. The van der Waals surface area contributed by atoms with Crippen molar-refractivity contribution in [3.8, 4) is 0 Å². The van der Waals surface area contributed by atoms with E-state index in [1.807, 2.05) is 84.9 Å². The van der Waals surface area contributed by atoms with Crippen LogP contribution in [0.2, 0.25) is 0 Å². The maximum Gasteiger partial charge on any atom is 0.250 e. The van der Waals surface area contributed by atoms with Gasteiger partial charge in [-0.1, -0.05) is 70.5 Å². The number of hydrogen-bond acceptors (Lipinski definition) is 7. The van der Waals surface area contributed by atoms with E-state index in [0.717, 1.165) is 21.4 Å². The van der Waals surface area contributed by atoms with Gasteiger partial charge in [-0.15, -0.1) is 0 Å². The topological polar surface area (TPSA) is 87.1 Å². The highest BCUT2D eigenvalue weighted by atomic mass is 79.9. The van der Waals surface area contributed by atoms with Gasteiger partial charge in [-0.25, -0.2) is 5.43 Å². The lowest BCUT2D eigenvalue weighted by atomic mass is 10.2. The van der Waals surface area contributed by atoms with E-state index in [-0.39, 0.29) is 0 Å². The smallest absolute Gasteiger partial charge is 0.250 e. The summed E-state index contributed by atoms with van der Waals surface area (Å²) >= 11 is 3.50. The van der Waals surface area contributed by atoms with Gasteiger partial charge in [-0.2, -0.15) is 20.1 Å². The number of hydrogen-bond donors (Lipinski definition) is 3. The van der Waals surface area contributed by atoms with Crippen LogP contribution in [-0.2, 0) is 0 Å². The number of nitrogens with zero attached hydrogens (tertiary/aromatic N) is 4. The summed E-state index contributed by atoms with van der Waals surface area (Å²) in [6.07, 6.45) is 1.70. The summed E-state index contributed by atoms with van der Waals surface area (Å²) in [6, 6.07) is 27.2. The number of nitrogens with one attached hydrogen (secondary N) is 3. The molecule has 0 radical (unpaired) electrons. The minimum absolute atomic E-state index is 0.310. The third-order valence-corrected chi connectivity index (χ3v) is 4.69. The Kier molecular flexibility index (Phi) is 6.26. The SMILES string of the molecule is Brc1ccccc1/C=N\Nc1nc(Nc2ccccc2)nc(Nc2ccccc2)n1. The van der Waals surface area contributed by atoms with Crippen molar-refractivity contribution in [2.24, 2.45) is 5.10 Å². The van der Waals surface area contributed by atoms with Gasteiger partial charge in [0.15, 0.2) is 0 Å². The third kappa shape index (κ3) is 5.39. The summed E-state index contributed by atoms with van der Waals surface area (Å²) in [7, 11) is 0. The molecule has 0 aliphatic rings. The van der Waals surface area contributed by atoms with E-state index in [1.165, 1.54) is 0 Å². The minimum Gasteiger partial charge on any atom is -0.324 e. The number of hydrazone groups is 1. The third-order valence-electron chi connectivity index (χ3n) is 3.97. The number of halogens is 1. The van der Waals surface area contributed by atoms with Crippen molar-refractivity contribution in [2.45, 2.75) is 0 Å². The summed E-state index contributed by atoms with van der Waals surface area (Å²) in [4.78, 5) is 13.3. The fraction of sp³-hybridized carbons (Fsp3) is 0. The standard InChI is InChI=1S/C22H18BrN7/c23-19-14-8-7-9-16(19)15-24-30-22-28-20(25-17-10-3-1-4-11-17)27-21(29-22)26-18-12-5-2-6-13-18/h1-15H,(H3,25,26,27,28,29,30)/b24-15-. The molecule has 0 spiro atoms. The van der Waals surface area contributed by atoms with Crippen molar-refractivity contribution < 1.29 is 0 Å². The van der Waals surface area contributed by atoms with Gasteiger partial charge in [0.25, 0.3) is 0 Å². The molecule has 0 fully saturated rings. The molecular weight excluding hydrogens is 442 g/mol. The monoisotopic (exact) mass is 459 g/mol. The molecule has 0 aliphatic heterocycles. The lowest BCUT2D eigenvalue weighted by Gasteiger charge is -2.10. The van der Waals surface area contributed by atoms with Gasteiger partial charge in [0.2, 0.25) is 17.8 Å². The molecule has 0 saturated heterocycles. The Bertz CT molecular complexity index is 1070. The molecular formula is C22H18BrN7. The minimum atomic E-state index is 0.310. The number of rotatable bonds is 7. The van der Waals surface area contributed by atoms with Crippen LogP contribution in [0.3, 0.4) is 0 Å². The molecule has 3 aromatic carbocycles. The first kappa shape index (κ1) is 19.5. The Morgan fingerprint density at radius 2 is 1.13 bits per heavy atom. The van der Waals surface area contributed by atoms with Crippen LogP contribution in [0, 0.1) is 0 Å². The maximum absolute atomic E-state index is 4.46. The van der Waals surface area contributed by atoms with E-state index in [0.29, 0.717) is 17.8 Å². The Morgan fingerprint density at radius 1 is 0.633 bits per heavy atom. The van der Waals surface area contributed by atoms with Crippen molar-refractivity contribution >= 4 is 51.4 Å². The second-order valence-corrected chi connectivity index (χ2v) is 7.03. The highest BCUT2D eigenvalue weighted by Gasteiger charge is 2.07. The van der Waals surface area contributed by atoms with Gasteiger partial charge in [0.1, 0.15) is 0 Å². The summed E-state index contributed by atoms with van der Waals surface area (Å²) in [6.45, 7) is 0. The van der Waals surface area contributed by atoms with Gasteiger partial charge < -0.3 is 10.6 Å². The maximum atomic E-state index is 4.46. The number of anilines is 5. The summed E-state index contributed by atoms with van der Waals surface area (Å²) in [5.41, 5.74) is 5.56. The second-order valence-electron chi connectivity index (χ2n) is 6.18. The molecule has 0 amide bonds. The van der Waals surface area contributed by atoms with Gasteiger partial charge in [0.05, 0.1) is 6.21 Å². The first-order valence-electron chi connectivity index (χ1n) is 9.20. The Labute approximate surface area is 182 Å². The predicted molar refractivity (Wildman–Crippen MR) is 125 cm³/mol. The molecule has 1 heterocycles. The van der Waals surface area contributed by atoms with Crippen LogP contribution in [0.5, 0.6) is 0 Å². The zero-order chi connectivity index (χ0) is 20.6. The van der Waals surface area contributed by atoms with E-state index in [9.17, 15) is 0 Å². The predicted octanol–water partition coefficient (Wildman–Crippen LogP) is 5.57. The zero-order valence-corrected chi connectivity index (χ0v) is 17.4. The molecule has 1 aromatic heterocycles. The number of benzene rings is 3. The van der Waals surface area contributed by atoms with E-state index in [2.05, 4.69) is 52.0 Å². The lowest BCUT2D eigenvalue weighted by Crippen LogP contribution is -2.07. The van der Waals surface area contributed by atoms with Crippen molar-refractivity contribution in [1.29, 1.82) is 0 Å². The van der Waals surface area contributed by atoms with E-state index >= 15 is 0 Å². The molecule has 4 rings (SSSR count). The molecule has 148 valence electrons. The van der Waals surface area contributed by atoms with Crippen LogP contribution in [0.1, 0.15) is 5.56 Å². The van der Waals surface area contributed by atoms with Crippen LogP contribution in [-0.4, -0.2) is 21.2 Å². The molecule has 0 saturated carbocycles. The molecule has 0 aliphatic carbocycles. The largest absolute Gasteiger partial charge is 0.324 e. The van der Waals surface area contributed by atoms with E-state index < -0.39 is 0 Å². The Balaban J connectivity index is 1.58. The molecule has 8 heteroatoms. The Hall–Kier alpha value is -3.78. The van der Waals surface area contributed by atoms with Crippen molar-refractivity contribution in [2.75, 3.05) is 16.1 Å². The molecule has 0 bridgehead atoms. The average Bonchev–Trinajstić information content (AvgIpc) is 2.76.